The summed E-state index contributed by atoms with van der Waals surface area (Å²) in [5, 5.41) is 19.3. The van der Waals surface area contributed by atoms with E-state index in [0.717, 1.165) is 6.92 Å². The van der Waals surface area contributed by atoms with Crippen LogP contribution in [-0.2, 0) is 28.6 Å². The van der Waals surface area contributed by atoms with Gasteiger partial charge in [-0.1, -0.05) is 0 Å². The topological polar surface area (TPSA) is 119 Å². The van der Waals surface area contributed by atoms with Gasteiger partial charge in [0.2, 0.25) is 0 Å². The van der Waals surface area contributed by atoms with Gasteiger partial charge in [-0.05, 0) is 6.92 Å². The molecule has 2 heterocycles. The molecule has 2 aliphatic rings. The van der Waals surface area contributed by atoms with Gasteiger partial charge in [-0.2, -0.15) is 0 Å². The van der Waals surface area contributed by atoms with Crippen molar-refractivity contribution in [3.05, 3.63) is 0 Å². The molecule has 0 radical (unpaired) electrons. The highest BCUT2D eigenvalue weighted by Gasteiger charge is 2.60. The molecule has 2 fully saturated rings. The highest BCUT2D eigenvalue weighted by molar-refractivity contribution is 5.92. The van der Waals surface area contributed by atoms with Crippen molar-refractivity contribution in [1.82, 2.24) is 0 Å². The second kappa shape index (κ2) is 3.41. The fourth-order valence-electron chi connectivity index (χ4n) is 1.62. The maximum atomic E-state index is 11.6. The number of hydrogen-bond acceptors (Lipinski definition) is 8. The van der Waals surface area contributed by atoms with Gasteiger partial charge in [0.15, 0.2) is 11.7 Å². The van der Waals surface area contributed by atoms with Gasteiger partial charge in [-0.3, -0.25) is 9.59 Å². The molecular weight excluding hydrogens is 236 g/mol. The zero-order valence-electron chi connectivity index (χ0n) is 8.84. The lowest BCUT2D eigenvalue weighted by molar-refractivity contribution is -0.355. The van der Waals surface area contributed by atoms with Crippen molar-refractivity contribution in [2.24, 2.45) is 0 Å². The van der Waals surface area contributed by atoms with E-state index >= 15 is 0 Å². The minimum atomic E-state index is -2.51. The monoisotopic (exact) mass is 246 g/mol. The van der Waals surface area contributed by atoms with Crippen molar-refractivity contribution < 1.29 is 38.8 Å². The second-order valence-electron chi connectivity index (χ2n) is 4.00. The molecule has 17 heavy (non-hydrogen) atoms. The molecule has 2 rings (SSSR count). The minimum absolute atomic E-state index is 0.727. The molecule has 0 aliphatic carbocycles. The van der Waals surface area contributed by atoms with Crippen LogP contribution in [0.15, 0.2) is 0 Å². The summed E-state index contributed by atoms with van der Waals surface area (Å²) in [6, 6.07) is 0. The molecule has 2 bridgehead atoms. The molecule has 2 aliphatic heterocycles. The fraction of sp³-hybridized carbons (Fsp3) is 0.667. The number of esters is 3. The van der Waals surface area contributed by atoms with Crippen molar-refractivity contribution in [3.8, 4) is 0 Å². The number of carbonyl (C=O) groups excluding carboxylic acids is 3. The van der Waals surface area contributed by atoms with Gasteiger partial charge in [0.05, 0.1) is 12.8 Å². The summed E-state index contributed by atoms with van der Waals surface area (Å²) in [5.41, 5.74) is -2.30. The number of fused-ring (bicyclic) bond motifs is 3. The number of aliphatic hydroxyl groups excluding tert-OH is 1. The third-order valence-corrected chi connectivity index (χ3v) is 2.51. The molecule has 94 valence electrons. The van der Waals surface area contributed by atoms with Crippen LogP contribution in [0.2, 0.25) is 0 Å². The maximum Gasteiger partial charge on any atom is 0.451 e. The van der Waals surface area contributed by atoms with Gasteiger partial charge in [0.1, 0.15) is 0 Å². The Hall–Kier alpha value is -1.67. The zero-order valence-corrected chi connectivity index (χ0v) is 8.84. The highest BCUT2D eigenvalue weighted by Crippen LogP contribution is 2.35. The average molecular weight is 246 g/mol. The van der Waals surface area contributed by atoms with E-state index in [2.05, 4.69) is 14.2 Å². The number of rotatable bonds is 1. The van der Waals surface area contributed by atoms with Crippen LogP contribution in [0.5, 0.6) is 0 Å². The van der Waals surface area contributed by atoms with Crippen LogP contribution in [0, 0.1) is 0 Å². The first-order valence-electron chi connectivity index (χ1n) is 4.85. The van der Waals surface area contributed by atoms with E-state index in [1.165, 1.54) is 0 Å². The van der Waals surface area contributed by atoms with E-state index in [4.69, 9.17) is 0 Å². The first-order chi connectivity index (χ1) is 7.77. The van der Waals surface area contributed by atoms with Crippen LogP contribution in [0.3, 0.4) is 0 Å². The molecule has 2 N–H and O–H groups in total. The van der Waals surface area contributed by atoms with Gasteiger partial charge < -0.3 is 24.4 Å². The van der Waals surface area contributed by atoms with Crippen LogP contribution in [0.4, 0.5) is 0 Å². The van der Waals surface area contributed by atoms with E-state index in [1.807, 2.05) is 0 Å². The third-order valence-electron chi connectivity index (χ3n) is 2.51. The zero-order chi connectivity index (χ0) is 12.8. The first kappa shape index (κ1) is 11.8. The SMILES string of the molecule is CC(O)C12OC(=O)CC(O)(CC(=O)O1)C(=O)O2. The predicted molar refractivity (Wildman–Crippen MR) is 46.9 cm³/mol. The number of carbonyl (C=O) groups is 3. The van der Waals surface area contributed by atoms with E-state index in [1.54, 1.807) is 0 Å². The summed E-state index contributed by atoms with van der Waals surface area (Å²) in [5.74, 6) is -5.76. The van der Waals surface area contributed by atoms with Crippen molar-refractivity contribution in [2.45, 2.75) is 37.4 Å². The summed E-state index contributed by atoms with van der Waals surface area (Å²) in [6.07, 6.45) is -3.04. The molecule has 0 aromatic carbocycles. The predicted octanol–water partition coefficient (Wildman–Crippen LogP) is -1.81. The largest absolute Gasteiger partial charge is 0.451 e. The smallest absolute Gasteiger partial charge is 0.386 e. The van der Waals surface area contributed by atoms with Crippen molar-refractivity contribution >= 4 is 17.9 Å². The molecule has 0 spiro atoms. The highest BCUT2D eigenvalue weighted by atomic mass is 16.9. The van der Waals surface area contributed by atoms with Crippen molar-refractivity contribution in [2.75, 3.05) is 0 Å². The molecule has 8 heteroatoms. The lowest BCUT2D eigenvalue weighted by Crippen LogP contribution is -2.50. The Kier molecular flexibility index (Phi) is 2.37. The molecule has 0 aromatic rings. The van der Waals surface area contributed by atoms with Crippen LogP contribution in [0.1, 0.15) is 19.8 Å². The third kappa shape index (κ3) is 1.75. The van der Waals surface area contributed by atoms with E-state index in [0.29, 0.717) is 0 Å². The van der Waals surface area contributed by atoms with E-state index in [9.17, 15) is 24.6 Å². The Labute approximate surface area is 95.1 Å². The molecule has 1 atom stereocenters. The Morgan fingerprint density at radius 1 is 1.12 bits per heavy atom. The Bertz CT molecular complexity index is 378. The molecular formula is C9H10O8. The molecule has 1 unspecified atom stereocenters. The molecule has 8 nitrogen and oxygen atoms in total. The first-order valence-corrected chi connectivity index (χ1v) is 4.85. The van der Waals surface area contributed by atoms with Gasteiger partial charge >= 0.3 is 23.9 Å². The molecule has 0 saturated carbocycles. The molecule has 2 saturated heterocycles. The minimum Gasteiger partial charge on any atom is -0.386 e. The summed E-state index contributed by atoms with van der Waals surface area (Å²) in [7, 11) is 0. The average Bonchev–Trinajstić information content (AvgIpc) is 2.27. The van der Waals surface area contributed by atoms with Gasteiger partial charge in [0, 0.05) is 0 Å². The summed E-state index contributed by atoms with van der Waals surface area (Å²) >= 11 is 0. The Morgan fingerprint density at radius 3 is 2.00 bits per heavy atom. The normalized spacial score (nSPS) is 38.6. The standard InChI is InChI=1S/C9H10O8/c1-4(10)9-15-5(11)2-8(14,7(13)17-9)3-6(12)16-9/h4,10,14H,2-3H2,1H3. The molecule has 0 amide bonds. The molecule has 0 aromatic heterocycles. The fourth-order valence-corrected chi connectivity index (χ4v) is 1.62. The van der Waals surface area contributed by atoms with Crippen LogP contribution >= 0.6 is 0 Å². The Morgan fingerprint density at radius 2 is 1.59 bits per heavy atom. The van der Waals surface area contributed by atoms with Gasteiger partial charge in [-0.25, -0.2) is 4.79 Å². The van der Waals surface area contributed by atoms with E-state index in [-0.39, 0.29) is 0 Å². The van der Waals surface area contributed by atoms with Gasteiger partial charge in [0.25, 0.3) is 0 Å². The number of hydrogen-bond donors (Lipinski definition) is 2. The quantitative estimate of drug-likeness (QED) is 0.519. The lowest BCUT2D eigenvalue weighted by Gasteiger charge is -2.30. The van der Waals surface area contributed by atoms with Crippen LogP contribution in [0.25, 0.3) is 0 Å². The lowest BCUT2D eigenvalue weighted by atomic mass is 9.96. The summed E-state index contributed by atoms with van der Waals surface area (Å²) in [4.78, 5) is 34.3. The number of ether oxygens (including phenoxy) is 3. The van der Waals surface area contributed by atoms with Crippen molar-refractivity contribution in [3.63, 3.8) is 0 Å². The van der Waals surface area contributed by atoms with Crippen LogP contribution < -0.4 is 0 Å². The van der Waals surface area contributed by atoms with Gasteiger partial charge in [-0.15, -0.1) is 0 Å². The number of aliphatic hydroxyl groups is 2. The van der Waals surface area contributed by atoms with E-state index < -0.39 is 48.4 Å². The maximum absolute atomic E-state index is 11.6. The summed E-state index contributed by atoms with van der Waals surface area (Å²) in [6.45, 7) is 1.11. The van der Waals surface area contributed by atoms with Crippen molar-refractivity contribution in [1.29, 1.82) is 0 Å². The Balaban J connectivity index is 2.51. The van der Waals surface area contributed by atoms with Crippen LogP contribution in [-0.4, -0.2) is 45.8 Å². The summed E-state index contributed by atoms with van der Waals surface area (Å²) < 4.78 is 13.8. The second-order valence-corrected chi connectivity index (χ2v) is 4.00.